The molecule has 0 aromatic heterocycles. The van der Waals surface area contributed by atoms with Crippen molar-refractivity contribution in [3.63, 3.8) is 0 Å². The van der Waals surface area contributed by atoms with Crippen molar-refractivity contribution in [3.8, 4) is 22.9 Å². The van der Waals surface area contributed by atoms with Crippen molar-refractivity contribution in [2.24, 2.45) is 0 Å². The second kappa shape index (κ2) is 8.07. The van der Waals surface area contributed by atoms with Gasteiger partial charge in [-0.25, -0.2) is 0 Å². The van der Waals surface area contributed by atoms with Crippen molar-refractivity contribution in [2.45, 2.75) is 91.7 Å². The highest BCUT2D eigenvalue weighted by Gasteiger charge is 2.22. The molecular weight excluding hydrogens is 392 g/mol. The average molecular weight is 433 g/mol. The quantitative estimate of drug-likeness (QED) is 0.293. The molecule has 0 spiro atoms. The second-order valence-corrected chi connectivity index (χ2v) is 22.1. The SMILES string of the molecule is CC(C)(C)c1cc2cc(C(C)(C)C)c(C#C[Si](C)(C)C)cc2cc1C#C[Si](C)(C)C. The summed E-state index contributed by atoms with van der Waals surface area (Å²) >= 11 is 0. The molecule has 0 fully saturated rings. The third-order valence-electron chi connectivity index (χ3n) is 4.87. The summed E-state index contributed by atoms with van der Waals surface area (Å²) in [6.07, 6.45) is 0. The molecule has 0 unspecified atom stereocenters. The number of rotatable bonds is 0. The molecule has 160 valence electrons. The molecule has 0 amide bonds. The minimum atomic E-state index is -1.45. The molecule has 2 aromatic carbocycles. The van der Waals surface area contributed by atoms with Gasteiger partial charge in [-0.15, -0.1) is 11.1 Å². The highest BCUT2D eigenvalue weighted by Crippen LogP contribution is 2.34. The first-order chi connectivity index (χ1) is 13.4. The van der Waals surface area contributed by atoms with E-state index in [4.69, 9.17) is 0 Å². The molecule has 2 aromatic rings. The largest absolute Gasteiger partial charge is 0.129 e. The summed E-state index contributed by atoms with van der Waals surface area (Å²) in [5.74, 6) is 7.11. The number of fused-ring (bicyclic) bond motifs is 1. The molecule has 0 saturated heterocycles. The third kappa shape index (κ3) is 6.63. The zero-order chi connectivity index (χ0) is 23.1. The molecule has 0 aliphatic heterocycles. The average Bonchev–Trinajstić information content (AvgIpc) is 2.53. The molecule has 0 atom stereocenters. The lowest BCUT2D eigenvalue weighted by Crippen LogP contribution is -2.18. The summed E-state index contributed by atoms with van der Waals surface area (Å²) < 4.78 is 0. The Morgan fingerprint density at radius 2 is 0.833 bits per heavy atom. The normalized spacial score (nSPS) is 12.8. The predicted molar refractivity (Wildman–Crippen MR) is 142 cm³/mol. The van der Waals surface area contributed by atoms with Crippen LogP contribution in [-0.2, 0) is 10.8 Å². The molecule has 0 aliphatic rings. The lowest BCUT2D eigenvalue weighted by molar-refractivity contribution is 0.588. The van der Waals surface area contributed by atoms with Gasteiger partial charge >= 0.3 is 0 Å². The van der Waals surface area contributed by atoms with E-state index in [1.54, 1.807) is 0 Å². The molecule has 0 aliphatic carbocycles. The first kappa shape index (κ1) is 24.5. The van der Waals surface area contributed by atoms with Crippen LogP contribution in [-0.4, -0.2) is 16.1 Å². The Labute approximate surface area is 187 Å². The second-order valence-electron chi connectivity index (χ2n) is 12.6. The summed E-state index contributed by atoms with van der Waals surface area (Å²) in [6.45, 7) is 27.5. The Balaban J connectivity index is 2.88. The minimum Gasteiger partial charge on any atom is -0.127 e. The standard InChI is InChI=1S/C28H40Si2/c1-27(2,3)25-19-24-20-26(28(4,5)6)22(14-16-30(10,11)12)18-23(24)17-21(25)13-15-29(7,8)9/h17-20H,1-12H3. The van der Waals surface area contributed by atoms with E-state index in [0.29, 0.717) is 0 Å². The molecule has 0 heterocycles. The first-order valence-electron chi connectivity index (χ1n) is 11.1. The van der Waals surface area contributed by atoms with Crippen molar-refractivity contribution < 1.29 is 0 Å². The summed E-state index contributed by atoms with van der Waals surface area (Å²) in [5.41, 5.74) is 12.3. The molecule has 0 nitrogen and oxygen atoms in total. The van der Waals surface area contributed by atoms with Crippen molar-refractivity contribution in [3.05, 3.63) is 46.5 Å². The van der Waals surface area contributed by atoms with Gasteiger partial charge in [0.2, 0.25) is 0 Å². The lowest BCUT2D eigenvalue weighted by atomic mass is 9.79. The van der Waals surface area contributed by atoms with E-state index in [1.807, 2.05) is 0 Å². The fraction of sp³-hybridized carbons (Fsp3) is 0.500. The monoisotopic (exact) mass is 432 g/mol. The van der Waals surface area contributed by atoms with Crippen molar-refractivity contribution >= 4 is 26.9 Å². The summed E-state index contributed by atoms with van der Waals surface area (Å²) in [7, 11) is -2.89. The van der Waals surface area contributed by atoms with E-state index in [9.17, 15) is 0 Å². The maximum atomic E-state index is 3.58. The van der Waals surface area contributed by atoms with Gasteiger partial charge in [0, 0.05) is 11.1 Å². The highest BCUT2D eigenvalue weighted by molar-refractivity contribution is 6.84. The molecule has 0 bridgehead atoms. The molecule has 0 N–H and O–H groups in total. The minimum absolute atomic E-state index is 0.0514. The van der Waals surface area contributed by atoms with Crippen LogP contribution >= 0.6 is 0 Å². The molecule has 30 heavy (non-hydrogen) atoms. The van der Waals surface area contributed by atoms with Gasteiger partial charge in [-0.3, -0.25) is 0 Å². The number of hydrogen-bond donors (Lipinski definition) is 0. The van der Waals surface area contributed by atoms with E-state index < -0.39 is 16.1 Å². The van der Waals surface area contributed by atoms with Gasteiger partial charge in [-0.05, 0) is 57.0 Å². The zero-order valence-corrected chi connectivity index (χ0v) is 23.3. The van der Waals surface area contributed by atoms with Gasteiger partial charge < -0.3 is 0 Å². The van der Waals surface area contributed by atoms with Crippen LogP contribution in [0.1, 0.15) is 63.8 Å². The predicted octanol–water partition coefficient (Wildman–Crippen LogP) is 7.89. The van der Waals surface area contributed by atoms with Gasteiger partial charge in [0.1, 0.15) is 16.1 Å². The van der Waals surface area contributed by atoms with Gasteiger partial charge in [0.25, 0.3) is 0 Å². The summed E-state index contributed by atoms with van der Waals surface area (Å²) in [4.78, 5) is 0. The van der Waals surface area contributed by atoms with Gasteiger partial charge in [-0.2, -0.15) is 0 Å². The Morgan fingerprint density at radius 3 is 1.10 bits per heavy atom. The summed E-state index contributed by atoms with van der Waals surface area (Å²) in [5, 5.41) is 2.54. The van der Waals surface area contributed by atoms with Gasteiger partial charge in [0.05, 0.1) is 0 Å². The van der Waals surface area contributed by atoms with Crippen molar-refractivity contribution in [1.29, 1.82) is 0 Å². The van der Waals surface area contributed by atoms with Crippen LogP contribution in [0.25, 0.3) is 10.8 Å². The molecular formula is C28H40Si2. The highest BCUT2D eigenvalue weighted by atomic mass is 28.3. The first-order valence-corrected chi connectivity index (χ1v) is 18.1. The van der Waals surface area contributed by atoms with Crippen LogP contribution in [0.15, 0.2) is 24.3 Å². The van der Waals surface area contributed by atoms with E-state index in [-0.39, 0.29) is 10.8 Å². The maximum absolute atomic E-state index is 3.58. The van der Waals surface area contributed by atoms with E-state index in [2.05, 4.69) is 128 Å². The fourth-order valence-corrected chi connectivity index (χ4v) is 4.33. The van der Waals surface area contributed by atoms with Crippen molar-refractivity contribution in [1.82, 2.24) is 0 Å². The van der Waals surface area contributed by atoms with Crippen LogP contribution in [0.5, 0.6) is 0 Å². The van der Waals surface area contributed by atoms with Crippen LogP contribution < -0.4 is 0 Å². The third-order valence-corrected chi connectivity index (χ3v) is 6.62. The van der Waals surface area contributed by atoms with Crippen LogP contribution in [0, 0.1) is 22.9 Å². The van der Waals surface area contributed by atoms with E-state index in [1.165, 1.54) is 33.0 Å². The van der Waals surface area contributed by atoms with Gasteiger partial charge in [-0.1, -0.05) is 92.7 Å². The number of hydrogen-bond acceptors (Lipinski definition) is 0. The van der Waals surface area contributed by atoms with Crippen LogP contribution in [0.4, 0.5) is 0 Å². The Hall–Kier alpha value is -1.75. The maximum Gasteiger partial charge on any atom is 0.129 e. The zero-order valence-electron chi connectivity index (χ0n) is 21.3. The number of benzene rings is 2. The smallest absolute Gasteiger partial charge is 0.127 e. The topological polar surface area (TPSA) is 0 Å². The van der Waals surface area contributed by atoms with Crippen LogP contribution in [0.2, 0.25) is 39.3 Å². The summed E-state index contributed by atoms with van der Waals surface area (Å²) in [6, 6.07) is 9.34. The van der Waals surface area contributed by atoms with E-state index >= 15 is 0 Å². The Bertz CT molecular complexity index is 984. The molecule has 2 heteroatoms. The Morgan fingerprint density at radius 1 is 0.533 bits per heavy atom. The van der Waals surface area contributed by atoms with Crippen molar-refractivity contribution in [2.75, 3.05) is 0 Å². The fourth-order valence-electron chi connectivity index (χ4n) is 3.31. The Kier molecular flexibility index (Phi) is 6.59. The van der Waals surface area contributed by atoms with Gasteiger partial charge in [0.15, 0.2) is 0 Å². The lowest BCUT2D eigenvalue weighted by Gasteiger charge is -2.25. The van der Waals surface area contributed by atoms with Crippen LogP contribution in [0.3, 0.4) is 0 Å². The van der Waals surface area contributed by atoms with E-state index in [0.717, 1.165) is 0 Å². The molecule has 0 radical (unpaired) electrons. The molecule has 2 rings (SSSR count). The molecule has 0 saturated carbocycles.